The first kappa shape index (κ1) is 21.8. The third-order valence-corrected chi connectivity index (χ3v) is 8.16. The Morgan fingerprint density at radius 3 is 2.39 bits per heavy atom. The van der Waals surface area contributed by atoms with Crippen LogP contribution in [-0.2, 0) is 11.2 Å². The highest BCUT2D eigenvalue weighted by molar-refractivity contribution is 7.18. The second kappa shape index (κ2) is 8.99. The quantitative estimate of drug-likeness (QED) is 0.505. The molecule has 1 amide bonds. The summed E-state index contributed by atoms with van der Waals surface area (Å²) in [4.78, 5) is 23.1. The van der Waals surface area contributed by atoms with Crippen LogP contribution in [0.1, 0.15) is 42.8 Å². The van der Waals surface area contributed by atoms with Crippen LogP contribution in [0, 0.1) is 19.3 Å². The lowest BCUT2D eigenvalue weighted by Gasteiger charge is -2.41. The Morgan fingerprint density at radius 2 is 1.71 bits per heavy atom. The van der Waals surface area contributed by atoms with Crippen molar-refractivity contribution in [1.29, 1.82) is 0 Å². The summed E-state index contributed by atoms with van der Waals surface area (Å²) >= 11 is 1.73. The Balaban J connectivity index is 1.49. The van der Waals surface area contributed by atoms with Crippen molar-refractivity contribution in [2.45, 2.75) is 47.0 Å². The molecule has 0 bridgehead atoms. The van der Waals surface area contributed by atoms with E-state index < -0.39 is 0 Å². The number of carbonyl (C=O) groups excluding carboxylic acids is 1. The standard InChI is InChI=1S/C26H33N3OS/c1-5-26(6-2,18-24-27-21-11-7-8-13-23(21)31-24)25(30)29-16-14-28(15-17-29)22-12-9-10-19(3)20(22)4/h7-13H,5-6,14-18H2,1-4H3. The van der Waals surface area contributed by atoms with E-state index in [0.717, 1.165) is 56.0 Å². The molecule has 0 spiro atoms. The molecule has 0 radical (unpaired) electrons. The zero-order chi connectivity index (χ0) is 22.0. The molecular formula is C26H33N3OS. The molecule has 2 aromatic carbocycles. The third kappa shape index (κ3) is 4.20. The Kier molecular flexibility index (Phi) is 6.33. The van der Waals surface area contributed by atoms with E-state index in [9.17, 15) is 4.79 Å². The first-order valence-corrected chi connectivity index (χ1v) is 12.2. The molecule has 5 heteroatoms. The van der Waals surface area contributed by atoms with Crippen LogP contribution in [-0.4, -0.2) is 42.0 Å². The number of rotatable bonds is 6. The molecule has 0 unspecified atom stereocenters. The summed E-state index contributed by atoms with van der Waals surface area (Å²) in [6.07, 6.45) is 2.42. The Hall–Kier alpha value is -2.40. The molecule has 1 fully saturated rings. The first-order chi connectivity index (χ1) is 15.0. The van der Waals surface area contributed by atoms with E-state index in [2.05, 4.69) is 73.9 Å². The van der Waals surface area contributed by atoms with E-state index in [1.165, 1.54) is 21.5 Å². The number of para-hydroxylation sites is 1. The fraction of sp³-hybridized carbons (Fsp3) is 0.462. The van der Waals surface area contributed by atoms with Gasteiger partial charge in [0.05, 0.1) is 20.6 Å². The van der Waals surface area contributed by atoms with E-state index in [4.69, 9.17) is 4.98 Å². The van der Waals surface area contributed by atoms with Gasteiger partial charge < -0.3 is 9.80 Å². The van der Waals surface area contributed by atoms with E-state index in [0.29, 0.717) is 5.91 Å². The maximum absolute atomic E-state index is 13.8. The molecule has 1 aliphatic rings. The summed E-state index contributed by atoms with van der Waals surface area (Å²) in [6.45, 7) is 12.0. The van der Waals surface area contributed by atoms with Gasteiger partial charge in [-0.2, -0.15) is 0 Å². The van der Waals surface area contributed by atoms with Crippen molar-refractivity contribution in [1.82, 2.24) is 9.88 Å². The number of aryl methyl sites for hydroxylation is 1. The average Bonchev–Trinajstić information content (AvgIpc) is 3.21. The average molecular weight is 436 g/mol. The molecular weight excluding hydrogens is 402 g/mol. The monoisotopic (exact) mass is 435 g/mol. The molecule has 3 aromatic rings. The van der Waals surface area contributed by atoms with E-state index in [1.54, 1.807) is 11.3 Å². The fourth-order valence-corrected chi connectivity index (χ4v) is 5.84. The molecule has 4 rings (SSSR count). The number of benzene rings is 2. The lowest BCUT2D eigenvalue weighted by Crippen LogP contribution is -2.53. The largest absolute Gasteiger partial charge is 0.368 e. The third-order valence-electron chi connectivity index (χ3n) is 7.12. The van der Waals surface area contributed by atoms with Crippen molar-refractivity contribution in [3.05, 3.63) is 58.6 Å². The van der Waals surface area contributed by atoms with E-state index >= 15 is 0 Å². The van der Waals surface area contributed by atoms with Crippen molar-refractivity contribution in [2.24, 2.45) is 5.41 Å². The minimum absolute atomic E-state index is 0.303. The minimum atomic E-state index is -0.366. The number of piperazine rings is 1. The summed E-state index contributed by atoms with van der Waals surface area (Å²) in [5.74, 6) is 0.303. The number of thiazole rings is 1. The normalized spacial score (nSPS) is 15.0. The van der Waals surface area contributed by atoms with Crippen molar-refractivity contribution in [3.63, 3.8) is 0 Å². The molecule has 0 atom stereocenters. The van der Waals surface area contributed by atoms with Gasteiger partial charge in [-0.15, -0.1) is 11.3 Å². The predicted octanol–water partition coefficient (Wildman–Crippen LogP) is 5.61. The van der Waals surface area contributed by atoms with Crippen LogP contribution >= 0.6 is 11.3 Å². The molecule has 1 aliphatic heterocycles. The van der Waals surface area contributed by atoms with E-state index in [-0.39, 0.29) is 5.41 Å². The van der Waals surface area contributed by atoms with Crippen LogP contribution in [0.15, 0.2) is 42.5 Å². The summed E-state index contributed by atoms with van der Waals surface area (Å²) in [6, 6.07) is 14.8. The van der Waals surface area contributed by atoms with Crippen LogP contribution in [0.3, 0.4) is 0 Å². The summed E-state index contributed by atoms with van der Waals surface area (Å²) < 4.78 is 1.20. The highest BCUT2D eigenvalue weighted by Gasteiger charge is 2.40. The Bertz CT molecular complexity index is 1030. The molecule has 164 valence electrons. The number of hydrogen-bond donors (Lipinski definition) is 0. The fourth-order valence-electron chi connectivity index (χ4n) is 4.73. The van der Waals surface area contributed by atoms with Crippen LogP contribution in [0.4, 0.5) is 5.69 Å². The van der Waals surface area contributed by atoms with Crippen LogP contribution in [0.5, 0.6) is 0 Å². The predicted molar refractivity (Wildman–Crippen MR) is 131 cm³/mol. The molecule has 1 aromatic heterocycles. The lowest BCUT2D eigenvalue weighted by molar-refractivity contribution is -0.143. The van der Waals surface area contributed by atoms with Crippen molar-refractivity contribution in [3.8, 4) is 0 Å². The first-order valence-electron chi connectivity index (χ1n) is 11.4. The van der Waals surface area contributed by atoms with Gasteiger partial charge in [-0.05, 0) is 56.0 Å². The van der Waals surface area contributed by atoms with Crippen LogP contribution in [0.2, 0.25) is 0 Å². The topological polar surface area (TPSA) is 36.4 Å². The highest BCUT2D eigenvalue weighted by atomic mass is 32.1. The highest BCUT2D eigenvalue weighted by Crippen LogP contribution is 2.36. The van der Waals surface area contributed by atoms with Gasteiger partial charge in [0.15, 0.2) is 0 Å². The maximum Gasteiger partial charge on any atom is 0.229 e. The van der Waals surface area contributed by atoms with Gasteiger partial charge in [0.1, 0.15) is 0 Å². The minimum Gasteiger partial charge on any atom is -0.368 e. The zero-order valence-electron chi connectivity index (χ0n) is 19.1. The molecule has 0 N–H and O–H groups in total. The maximum atomic E-state index is 13.8. The molecule has 1 saturated heterocycles. The molecule has 0 saturated carbocycles. The van der Waals surface area contributed by atoms with Gasteiger partial charge in [-0.3, -0.25) is 4.79 Å². The van der Waals surface area contributed by atoms with Gasteiger partial charge in [0.25, 0.3) is 0 Å². The molecule has 4 nitrogen and oxygen atoms in total. The lowest BCUT2D eigenvalue weighted by atomic mass is 9.77. The van der Waals surface area contributed by atoms with Gasteiger partial charge in [0.2, 0.25) is 5.91 Å². The second-order valence-electron chi connectivity index (χ2n) is 8.74. The van der Waals surface area contributed by atoms with E-state index in [1.807, 2.05) is 6.07 Å². The van der Waals surface area contributed by atoms with Gasteiger partial charge in [0, 0.05) is 38.3 Å². The zero-order valence-corrected chi connectivity index (χ0v) is 20.0. The summed E-state index contributed by atoms with van der Waals surface area (Å²) in [7, 11) is 0. The Labute approximate surface area is 189 Å². The molecule has 0 aliphatic carbocycles. The van der Waals surface area contributed by atoms with Gasteiger partial charge in [-0.25, -0.2) is 4.98 Å². The number of amides is 1. The summed E-state index contributed by atoms with van der Waals surface area (Å²) in [5, 5.41) is 1.08. The van der Waals surface area contributed by atoms with Crippen molar-refractivity contribution in [2.75, 3.05) is 31.1 Å². The number of anilines is 1. The number of fused-ring (bicyclic) bond motifs is 1. The molecule has 31 heavy (non-hydrogen) atoms. The number of hydrogen-bond acceptors (Lipinski definition) is 4. The Morgan fingerprint density at radius 1 is 1.00 bits per heavy atom. The van der Waals surface area contributed by atoms with Gasteiger partial charge in [-0.1, -0.05) is 38.1 Å². The summed E-state index contributed by atoms with van der Waals surface area (Å²) in [5.41, 5.74) is 4.64. The van der Waals surface area contributed by atoms with Crippen LogP contribution < -0.4 is 4.90 Å². The SMILES string of the molecule is CCC(CC)(Cc1nc2ccccc2s1)C(=O)N1CCN(c2cccc(C)c2C)CC1. The number of aromatic nitrogens is 1. The second-order valence-corrected chi connectivity index (χ2v) is 9.85. The van der Waals surface area contributed by atoms with Crippen molar-refractivity contribution >= 4 is 33.1 Å². The number of carbonyl (C=O) groups is 1. The van der Waals surface area contributed by atoms with Crippen molar-refractivity contribution < 1.29 is 4.79 Å². The van der Waals surface area contributed by atoms with Gasteiger partial charge >= 0.3 is 0 Å². The van der Waals surface area contributed by atoms with Crippen LogP contribution in [0.25, 0.3) is 10.2 Å². The number of nitrogens with zero attached hydrogens (tertiary/aromatic N) is 3. The molecule has 2 heterocycles. The smallest absolute Gasteiger partial charge is 0.229 e.